The molecule has 2 N–H and O–H groups in total. The molecule has 1 aromatic carbocycles. The standard InChI is InChI=1S/C16H12ClIN4O3/c1-7-6-25-13-11(7)16(24)22(2)14(12(13)15(23)21-19)20-10-4-3-8(18)5-9(10)17/h3-6,19-20H,1-2H3. The Balaban J connectivity index is 2.33. The van der Waals surface area contributed by atoms with Crippen LogP contribution in [0, 0.1) is 16.0 Å². The van der Waals surface area contributed by atoms with E-state index in [1.807, 2.05) is 6.07 Å². The second kappa shape index (κ2) is 6.60. The Morgan fingerprint density at radius 1 is 1.44 bits per heavy atom. The Morgan fingerprint density at radius 2 is 2.16 bits per heavy atom. The molecule has 2 heterocycles. The highest BCUT2D eigenvalue weighted by molar-refractivity contribution is 14.1. The van der Waals surface area contributed by atoms with Crippen molar-refractivity contribution in [2.45, 2.75) is 6.92 Å². The van der Waals surface area contributed by atoms with Crippen molar-refractivity contribution in [1.82, 2.24) is 4.57 Å². The van der Waals surface area contributed by atoms with E-state index in [1.54, 1.807) is 19.1 Å². The minimum absolute atomic E-state index is 0.00909. The number of nitrogens with one attached hydrogen (secondary N) is 2. The zero-order valence-corrected chi connectivity index (χ0v) is 16.1. The number of rotatable bonds is 3. The summed E-state index contributed by atoms with van der Waals surface area (Å²) in [6, 6.07) is 5.31. The van der Waals surface area contributed by atoms with Crippen molar-refractivity contribution in [3.63, 3.8) is 0 Å². The number of halogens is 2. The third-order valence-electron chi connectivity index (χ3n) is 3.79. The van der Waals surface area contributed by atoms with Gasteiger partial charge in [-0.05, 0) is 47.7 Å². The summed E-state index contributed by atoms with van der Waals surface area (Å²) in [4.78, 5) is 24.9. The van der Waals surface area contributed by atoms with Crippen LogP contribution in [-0.2, 0) is 7.05 Å². The summed E-state index contributed by atoms with van der Waals surface area (Å²) in [6.45, 7) is 1.71. The number of hydrogen-bond donors (Lipinski definition) is 2. The molecule has 0 aliphatic heterocycles. The smallest absolute Gasteiger partial charge is 0.302 e. The Bertz CT molecular complexity index is 1090. The molecule has 3 rings (SSSR count). The fourth-order valence-electron chi connectivity index (χ4n) is 2.56. The van der Waals surface area contributed by atoms with Gasteiger partial charge < -0.3 is 9.73 Å². The van der Waals surface area contributed by atoms with E-state index in [1.165, 1.54) is 17.9 Å². The lowest BCUT2D eigenvalue weighted by Gasteiger charge is -2.15. The molecular weight excluding hydrogens is 459 g/mol. The number of pyridine rings is 1. The van der Waals surface area contributed by atoms with Crippen LogP contribution < -0.4 is 10.9 Å². The SMILES string of the molecule is Cc1coc2c(C(=O)N=N)c(Nc3ccc(I)cc3Cl)n(C)c(=O)c12. The number of furan rings is 1. The minimum Gasteiger partial charge on any atom is -0.463 e. The minimum atomic E-state index is -0.820. The highest BCUT2D eigenvalue weighted by Gasteiger charge is 2.25. The van der Waals surface area contributed by atoms with Crippen molar-refractivity contribution in [3.05, 3.63) is 54.5 Å². The van der Waals surface area contributed by atoms with Gasteiger partial charge in [0.2, 0.25) is 0 Å². The lowest BCUT2D eigenvalue weighted by atomic mass is 10.1. The van der Waals surface area contributed by atoms with Crippen LogP contribution in [0.2, 0.25) is 5.02 Å². The van der Waals surface area contributed by atoms with Gasteiger partial charge in [0.25, 0.3) is 5.56 Å². The van der Waals surface area contributed by atoms with Gasteiger partial charge in [-0.2, -0.15) is 0 Å². The number of nitrogens with zero attached hydrogens (tertiary/aromatic N) is 2. The first kappa shape index (κ1) is 17.6. The number of aromatic nitrogens is 1. The van der Waals surface area contributed by atoms with E-state index in [2.05, 4.69) is 33.0 Å². The maximum atomic E-state index is 12.7. The van der Waals surface area contributed by atoms with E-state index in [9.17, 15) is 9.59 Å². The number of carbonyl (C=O) groups is 1. The molecule has 0 bridgehead atoms. The van der Waals surface area contributed by atoms with Gasteiger partial charge in [0, 0.05) is 16.2 Å². The van der Waals surface area contributed by atoms with Gasteiger partial charge in [-0.3, -0.25) is 14.2 Å². The molecule has 0 saturated carbocycles. The summed E-state index contributed by atoms with van der Waals surface area (Å²) in [5.41, 5.74) is 7.99. The predicted molar refractivity (Wildman–Crippen MR) is 103 cm³/mol. The van der Waals surface area contributed by atoms with Gasteiger partial charge >= 0.3 is 5.91 Å². The molecule has 0 radical (unpaired) electrons. The Hall–Kier alpha value is -2.20. The van der Waals surface area contributed by atoms with Crippen molar-refractivity contribution in [1.29, 1.82) is 5.53 Å². The van der Waals surface area contributed by atoms with Crippen molar-refractivity contribution < 1.29 is 9.21 Å². The molecule has 9 heteroatoms. The summed E-state index contributed by atoms with van der Waals surface area (Å²) >= 11 is 8.36. The van der Waals surface area contributed by atoms with E-state index in [4.69, 9.17) is 21.5 Å². The summed E-state index contributed by atoms with van der Waals surface area (Å²) in [6.07, 6.45) is 1.40. The van der Waals surface area contributed by atoms with Crippen LogP contribution in [0.25, 0.3) is 11.0 Å². The van der Waals surface area contributed by atoms with Crippen LogP contribution in [0.5, 0.6) is 0 Å². The molecule has 0 fully saturated rings. The first-order valence-electron chi connectivity index (χ1n) is 7.09. The Labute approximate surface area is 160 Å². The van der Waals surface area contributed by atoms with Gasteiger partial charge in [0.15, 0.2) is 5.58 Å². The van der Waals surface area contributed by atoms with Crippen molar-refractivity contribution in [2.24, 2.45) is 12.2 Å². The molecule has 0 unspecified atom stereocenters. The van der Waals surface area contributed by atoms with Crippen LogP contribution >= 0.6 is 34.2 Å². The number of carbonyl (C=O) groups excluding carboxylic acids is 1. The largest absolute Gasteiger partial charge is 0.463 e. The zero-order chi connectivity index (χ0) is 18.3. The average Bonchev–Trinajstić information content (AvgIpc) is 2.95. The predicted octanol–water partition coefficient (Wildman–Crippen LogP) is 4.61. The van der Waals surface area contributed by atoms with Crippen molar-refractivity contribution in [3.8, 4) is 0 Å². The van der Waals surface area contributed by atoms with E-state index < -0.39 is 5.91 Å². The molecule has 0 saturated heterocycles. The second-order valence-electron chi connectivity index (χ2n) is 5.38. The van der Waals surface area contributed by atoms with Gasteiger partial charge in [0.05, 0.1) is 22.4 Å². The van der Waals surface area contributed by atoms with Crippen molar-refractivity contribution in [2.75, 3.05) is 5.32 Å². The topological polar surface area (TPSA) is 100 Å². The number of anilines is 2. The first-order valence-corrected chi connectivity index (χ1v) is 8.55. The third-order valence-corrected chi connectivity index (χ3v) is 4.78. The molecule has 0 aliphatic carbocycles. The summed E-state index contributed by atoms with van der Waals surface area (Å²) in [5, 5.41) is 6.70. The second-order valence-corrected chi connectivity index (χ2v) is 7.03. The highest BCUT2D eigenvalue weighted by atomic mass is 127. The highest BCUT2D eigenvalue weighted by Crippen LogP contribution is 2.32. The molecule has 0 aliphatic rings. The lowest BCUT2D eigenvalue weighted by Crippen LogP contribution is -2.23. The fraction of sp³-hybridized carbons (Fsp3) is 0.125. The van der Waals surface area contributed by atoms with Gasteiger partial charge in [-0.1, -0.05) is 11.6 Å². The maximum Gasteiger partial charge on any atom is 0.302 e. The van der Waals surface area contributed by atoms with Crippen LogP contribution in [-0.4, -0.2) is 10.5 Å². The summed E-state index contributed by atoms with van der Waals surface area (Å²) < 4.78 is 7.65. The molecule has 128 valence electrons. The van der Waals surface area contributed by atoms with E-state index in [-0.39, 0.29) is 27.9 Å². The van der Waals surface area contributed by atoms with Crippen LogP contribution in [0.3, 0.4) is 0 Å². The number of fused-ring (bicyclic) bond motifs is 1. The summed E-state index contributed by atoms with van der Waals surface area (Å²) in [5.74, 6) is -0.657. The third kappa shape index (κ3) is 2.95. The quantitative estimate of drug-likeness (QED) is 0.431. The summed E-state index contributed by atoms with van der Waals surface area (Å²) in [7, 11) is 1.53. The van der Waals surface area contributed by atoms with Crippen molar-refractivity contribution >= 4 is 62.6 Å². The number of hydrogen-bond acceptors (Lipinski definition) is 5. The van der Waals surface area contributed by atoms with Crippen LogP contribution in [0.4, 0.5) is 11.5 Å². The number of benzene rings is 1. The zero-order valence-electron chi connectivity index (χ0n) is 13.2. The Morgan fingerprint density at radius 3 is 2.80 bits per heavy atom. The van der Waals surface area contributed by atoms with Gasteiger partial charge in [0.1, 0.15) is 11.4 Å². The molecule has 7 nitrogen and oxygen atoms in total. The number of aryl methyl sites for hydroxylation is 1. The Kier molecular flexibility index (Phi) is 4.65. The molecule has 0 atom stereocenters. The van der Waals surface area contributed by atoms with Crippen LogP contribution in [0.15, 0.2) is 38.8 Å². The number of amides is 1. The monoisotopic (exact) mass is 470 g/mol. The van der Waals surface area contributed by atoms with Gasteiger partial charge in [-0.15, -0.1) is 5.11 Å². The fourth-order valence-corrected chi connectivity index (χ4v) is 3.46. The average molecular weight is 471 g/mol. The van der Waals surface area contributed by atoms with E-state index in [0.29, 0.717) is 16.3 Å². The first-order chi connectivity index (χ1) is 11.8. The molecular formula is C16H12ClIN4O3. The normalized spacial score (nSPS) is 10.9. The molecule has 1 amide bonds. The maximum absolute atomic E-state index is 12.7. The molecule has 25 heavy (non-hydrogen) atoms. The molecule has 2 aromatic heterocycles. The van der Waals surface area contributed by atoms with E-state index in [0.717, 1.165) is 3.57 Å². The molecule has 3 aromatic rings. The lowest BCUT2D eigenvalue weighted by molar-refractivity contribution is 0.0992. The van der Waals surface area contributed by atoms with Crippen LogP contribution in [0.1, 0.15) is 15.9 Å². The van der Waals surface area contributed by atoms with Gasteiger partial charge in [-0.25, -0.2) is 5.53 Å². The van der Waals surface area contributed by atoms with E-state index >= 15 is 0 Å². The molecule has 0 spiro atoms.